The molecular weight excluding hydrogens is 410 g/mol. The molecule has 1 fully saturated rings. The molecule has 2 heterocycles. The van der Waals surface area contributed by atoms with Crippen molar-refractivity contribution in [3.05, 3.63) is 95.6 Å². The SMILES string of the molecule is O=C(Nc1ccccc1CN1CCc2ccccc21)[C@H]1CC(=O)N(CCc2ccccc2)C1. The first-order chi connectivity index (χ1) is 16.2. The first-order valence-electron chi connectivity index (χ1n) is 11.7. The number of nitrogens with zero attached hydrogens (tertiary/aromatic N) is 2. The van der Waals surface area contributed by atoms with Gasteiger partial charge in [0.1, 0.15) is 0 Å². The molecule has 3 aromatic carbocycles. The molecule has 0 radical (unpaired) electrons. The van der Waals surface area contributed by atoms with E-state index in [1.54, 1.807) is 0 Å². The van der Waals surface area contributed by atoms with Gasteiger partial charge < -0.3 is 15.1 Å². The van der Waals surface area contributed by atoms with Gasteiger partial charge in [0.25, 0.3) is 0 Å². The van der Waals surface area contributed by atoms with Gasteiger partial charge in [-0.1, -0.05) is 66.7 Å². The first kappa shape index (κ1) is 21.3. The van der Waals surface area contributed by atoms with Crippen molar-refractivity contribution in [2.45, 2.75) is 25.8 Å². The van der Waals surface area contributed by atoms with Crippen LogP contribution in [0, 0.1) is 5.92 Å². The predicted octanol–water partition coefficient (Wildman–Crippen LogP) is 4.28. The molecule has 1 saturated heterocycles. The fourth-order valence-corrected chi connectivity index (χ4v) is 4.86. The van der Waals surface area contributed by atoms with Gasteiger partial charge in [0, 0.05) is 44.0 Å². The Kier molecular flexibility index (Phi) is 6.11. The molecule has 0 aliphatic carbocycles. The maximum absolute atomic E-state index is 13.1. The highest BCUT2D eigenvalue weighted by molar-refractivity contribution is 5.97. The highest BCUT2D eigenvalue weighted by atomic mass is 16.2. The predicted molar refractivity (Wildman–Crippen MR) is 131 cm³/mol. The maximum Gasteiger partial charge on any atom is 0.229 e. The van der Waals surface area contributed by atoms with Gasteiger partial charge >= 0.3 is 0 Å². The fourth-order valence-electron chi connectivity index (χ4n) is 4.86. The normalized spacial score (nSPS) is 17.3. The zero-order valence-electron chi connectivity index (χ0n) is 18.7. The standard InChI is InChI=1S/C28H29N3O2/c32-27-18-24(20-31(27)16-14-21-8-2-1-3-9-21)28(33)29-25-12-6-4-11-23(25)19-30-17-15-22-10-5-7-13-26(22)30/h1-13,24H,14-20H2,(H,29,33)/t24-/m0/s1. The molecule has 5 nitrogen and oxygen atoms in total. The van der Waals surface area contributed by atoms with E-state index in [4.69, 9.17) is 0 Å². The Hall–Kier alpha value is -3.60. The molecule has 168 valence electrons. The summed E-state index contributed by atoms with van der Waals surface area (Å²) >= 11 is 0. The summed E-state index contributed by atoms with van der Waals surface area (Å²) < 4.78 is 0. The molecule has 33 heavy (non-hydrogen) atoms. The lowest BCUT2D eigenvalue weighted by molar-refractivity contribution is -0.128. The van der Waals surface area contributed by atoms with Crippen LogP contribution in [0.2, 0.25) is 0 Å². The van der Waals surface area contributed by atoms with E-state index in [9.17, 15) is 9.59 Å². The number of carbonyl (C=O) groups excluding carboxylic acids is 2. The third kappa shape index (κ3) is 4.77. The minimum Gasteiger partial charge on any atom is -0.367 e. The Bertz CT molecular complexity index is 1140. The van der Waals surface area contributed by atoms with Gasteiger partial charge in [-0.2, -0.15) is 0 Å². The van der Waals surface area contributed by atoms with Crippen molar-refractivity contribution in [1.82, 2.24) is 4.90 Å². The van der Waals surface area contributed by atoms with Gasteiger partial charge in [0.15, 0.2) is 0 Å². The van der Waals surface area contributed by atoms with Crippen LogP contribution in [0.15, 0.2) is 78.9 Å². The van der Waals surface area contributed by atoms with E-state index in [2.05, 4.69) is 52.7 Å². The highest BCUT2D eigenvalue weighted by Gasteiger charge is 2.34. The summed E-state index contributed by atoms with van der Waals surface area (Å²) in [5, 5.41) is 3.12. The minimum absolute atomic E-state index is 0.0630. The molecule has 0 saturated carbocycles. The van der Waals surface area contributed by atoms with Crippen LogP contribution in [0.4, 0.5) is 11.4 Å². The summed E-state index contributed by atoms with van der Waals surface area (Å²) in [6.45, 7) is 2.87. The number of para-hydroxylation sites is 2. The van der Waals surface area contributed by atoms with Crippen molar-refractivity contribution in [1.29, 1.82) is 0 Å². The van der Waals surface area contributed by atoms with Crippen LogP contribution in [0.3, 0.4) is 0 Å². The summed E-state index contributed by atoms with van der Waals surface area (Å²) in [6, 6.07) is 26.6. The van der Waals surface area contributed by atoms with Crippen LogP contribution in [0.25, 0.3) is 0 Å². The molecule has 0 aromatic heterocycles. The Morgan fingerprint density at radius 3 is 2.55 bits per heavy atom. The van der Waals surface area contributed by atoms with Crippen LogP contribution in [0.5, 0.6) is 0 Å². The summed E-state index contributed by atoms with van der Waals surface area (Å²) in [5.74, 6) is -0.318. The van der Waals surface area contributed by atoms with E-state index in [1.165, 1.54) is 16.8 Å². The number of benzene rings is 3. The molecule has 1 N–H and O–H groups in total. The fraction of sp³-hybridized carbons (Fsp3) is 0.286. The number of hydrogen-bond acceptors (Lipinski definition) is 3. The number of likely N-dealkylation sites (tertiary alicyclic amines) is 1. The van der Waals surface area contributed by atoms with Gasteiger partial charge in [-0.3, -0.25) is 9.59 Å². The molecule has 1 atom stereocenters. The topological polar surface area (TPSA) is 52.7 Å². The first-order valence-corrected chi connectivity index (χ1v) is 11.7. The number of carbonyl (C=O) groups is 2. The third-order valence-electron chi connectivity index (χ3n) is 6.72. The lowest BCUT2D eigenvalue weighted by Crippen LogP contribution is -2.30. The van der Waals surface area contributed by atoms with Crippen molar-refractivity contribution < 1.29 is 9.59 Å². The summed E-state index contributed by atoms with van der Waals surface area (Å²) in [7, 11) is 0. The van der Waals surface area contributed by atoms with Gasteiger partial charge in [0.2, 0.25) is 11.8 Å². The lowest BCUT2D eigenvalue weighted by Gasteiger charge is -2.22. The number of fused-ring (bicyclic) bond motifs is 1. The van der Waals surface area contributed by atoms with E-state index in [0.29, 0.717) is 13.1 Å². The third-order valence-corrected chi connectivity index (χ3v) is 6.72. The molecule has 3 aromatic rings. The van der Waals surface area contributed by atoms with Crippen molar-refractivity contribution >= 4 is 23.2 Å². The van der Waals surface area contributed by atoms with Crippen LogP contribution < -0.4 is 10.2 Å². The monoisotopic (exact) mass is 439 g/mol. The number of nitrogens with one attached hydrogen (secondary N) is 1. The average Bonchev–Trinajstić information content (AvgIpc) is 3.43. The van der Waals surface area contributed by atoms with Crippen molar-refractivity contribution in [3.8, 4) is 0 Å². The van der Waals surface area contributed by atoms with E-state index < -0.39 is 0 Å². The van der Waals surface area contributed by atoms with E-state index in [-0.39, 0.29) is 24.2 Å². The van der Waals surface area contributed by atoms with Gasteiger partial charge in [-0.25, -0.2) is 0 Å². The van der Waals surface area contributed by atoms with Crippen LogP contribution in [-0.2, 0) is 29.0 Å². The average molecular weight is 440 g/mol. The molecule has 5 heteroatoms. The Morgan fingerprint density at radius 2 is 1.67 bits per heavy atom. The molecule has 2 aliphatic heterocycles. The summed E-state index contributed by atoms with van der Waals surface area (Å²) in [4.78, 5) is 29.8. The second-order valence-electron chi connectivity index (χ2n) is 8.92. The molecule has 0 unspecified atom stereocenters. The summed E-state index contributed by atoms with van der Waals surface area (Å²) in [6.07, 6.45) is 2.14. The smallest absolute Gasteiger partial charge is 0.229 e. The van der Waals surface area contributed by atoms with Gasteiger partial charge in [-0.15, -0.1) is 0 Å². The molecular formula is C28H29N3O2. The zero-order valence-corrected chi connectivity index (χ0v) is 18.7. The molecule has 0 spiro atoms. The number of amides is 2. The largest absolute Gasteiger partial charge is 0.367 e. The van der Waals surface area contributed by atoms with Gasteiger partial charge in [0.05, 0.1) is 5.92 Å². The van der Waals surface area contributed by atoms with Crippen LogP contribution in [0.1, 0.15) is 23.1 Å². The Balaban J connectivity index is 1.21. The second-order valence-corrected chi connectivity index (χ2v) is 8.92. The minimum atomic E-state index is -0.311. The van der Waals surface area contributed by atoms with E-state index >= 15 is 0 Å². The Labute approximate surface area is 195 Å². The summed E-state index contributed by atoms with van der Waals surface area (Å²) in [5.41, 5.74) is 5.78. The lowest BCUT2D eigenvalue weighted by atomic mass is 10.1. The van der Waals surface area contributed by atoms with Gasteiger partial charge in [-0.05, 0) is 41.7 Å². The molecule has 2 aliphatic rings. The second kappa shape index (κ2) is 9.49. The van der Waals surface area contributed by atoms with Crippen LogP contribution >= 0.6 is 0 Å². The molecule has 0 bridgehead atoms. The molecule has 2 amide bonds. The van der Waals surface area contributed by atoms with Crippen LogP contribution in [-0.4, -0.2) is 36.3 Å². The van der Waals surface area contributed by atoms with Crippen molar-refractivity contribution in [2.24, 2.45) is 5.92 Å². The number of rotatable bonds is 7. The number of hydrogen-bond donors (Lipinski definition) is 1. The highest BCUT2D eigenvalue weighted by Crippen LogP contribution is 2.30. The van der Waals surface area contributed by atoms with E-state index in [1.807, 2.05) is 41.3 Å². The zero-order chi connectivity index (χ0) is 22.6. The molecule has 5 rings (SSSR count). The number of anilines is 2. The maximum atomic E-state index is 13.1. The van der Waals surface area contributed by atoms with E-state index in [0.717, 1.165) is 37.2 Å². The van der Waals surface area contributed by atoms with Crippen molar-refractivity contribution in [2.75, 3.05) is 29.9 Å². The van der Waals surface area contributed by atoms with Crippen molar-refractivity contribution in [3.63, 3.8) is 0 Å². The quantitative estimate of drug-likeness (QED) is 0.598. The Morgan fingerprint density at radius 1 is 0.909 bits per heavy atom.